The number of nitrogens with one attached hydrogen (secondary N) is 1. The summed E-state index contributed by atoms with van der Waals surface area (Å²) in [6.07, 6.45) is 0. The molecular formula is C14H19NO3. The van der Waals surface area contributed by atoms with Crippen LogP contribution >= 0.6 is 0 Å². The van der Waals surface area contributed by atoms with Gasteiger partial charge in [0.2, 0.25) is 0 Å². The molecule has 0 spiro atoms. The number of benzene rings is 1. The van der Waals surface area contributed by atoms with Crippen molar-refractivity contribution in [3.05, 3.63) is 35.9 Å². The summed E-state index contributed by atoms with van der Waals surface area (Å²) in [5.41, 5.74) is 1.44. The third kappa shape index (κ3) is 3.80. The zero-order valence-corrected chi connectivity index (χ0v) is 11.1. The highest BCUT2D eigenvalue weighted by molar-refractivity contribution is 5.95. The number of amides is 1. The summed E-state index contributed by atoms with van der Waals surface area (Å²) in [5, 5.41) is 2.77. The molecule has 4 nitrogen and oxygen atoms in total. The van der Waals surface area contributed by atoms with E-state index in [1.165, 1.54) is 0 Å². The van der Waals surface area contributed by atoms with Gasteiger partial charge in [0, 0.05) is 12.1 Å². The highest BCUT2D eigenvalue weighted by Gasteiger charge is 2.10. The Morgan fingerprint density at radius 3 is 2.67 bits per heavy atom. The lowest BCUT2D eigenvalue weighted by Crippen LogP contribution is -2.24. The Balaban J connectivity index is 2.84. The van der Waals surface area contributed by atoms with Gasteiger partial charge in [-0.2, -0.15) is 0 Å². The molecule has 0 aromatic heterocycles. The minimum atomic E-state index is -0.153. The van der Waals surface area contributed by atoms with E-state index < -0.39 is 0 Å². The molecule has 1 aromatic carbocycles. The molecule has 0 fully saturated rings. The zero-order chi connectivity index (χ0) is 13.5. The van der Waals surface area contributed by atoms with Crippen molar-refractivity contribution in [1.29, 1.82) is 0 Å². The van der Waals surface area contributed by atoms with Crippen LogP contribution < -0.4 is 14.8 Å². The van der Waals surface area contributed by atoms with Gasteiger partial charge in [-0.25, -0.2) is 0 Å². The van der Waals surface area contributed by atoms with Crippen molar-refractivity contribution in [1.82, 2.24) is 5.32 Å². The van der Waals surface area contributed by atoms with Crippen LogP contribution in [0.3, 0.4) is 0 Å². The molecule has 0 atom stereocenters. The van der Waals surface area contributed by atoms with Gasteiger partial charge in [-0.15, -0.1) is 0 Å². The zero-order valence-electron chi connectivity index (χ0n) is 11.1. The average molecular weight is 249 g/mol. The molecule has 0 saturated carbocycles. The molecule has 98 valence electrons. The van der Waals surface area contributed by atoms with Crippen LogP contribution in [0.4, 0.5) is 0 Å². The van der Waals surface area contributed by atoms with Gasteiger partial charge < -0.3 is 14.8 Å². The van der Waals surface area contributed by atoms with Gasteiger partial charge in [0.1, 0.15) is 0 Å². The van der Waals surface area contributed by atoms with Crippen molar-refractivity contribution in [2.45, 2.75) is 13.8 Å². The fraction of sp³-hybridized carbons (Fsp3) is 0.357. The highest BCUT2D eigenvalue weighted by Crippen LogP contribution is 2.27. The van der Waals surface area contributed by atoms with Gasteiger partial charge in [0.25, 0.3) is 5.91 Å². The molecule has 1 amide bonds. The quantitative estimate of drug-likeness (QED) is 0.787. The Labute approximate surface area is 108 Å². The molecule has 1 aromatic rings. The lowest BCUT2D eigenvalue weighted by molar-refractivity contribution is 0.0956. The second-order valence-corrected chi connectivity index (χ2v) is 3.94. The topological polar surface area (TPSA) is 47.6 Å². The first-order valence-corrected chi connectivity index (χ1v) is 5.82. The van der Waals surface area contributed by atoms with Gasteiger partial charge in [-0.05, 0) is 32.0 Å². The SMILES string of the molecule is C=C(C)CNC(=O)c1ccc(OCC)c(OC)c1. The number of methoxy groups -OCH3 is 1. The number of rotatable bonds is 6. The molecule has 0 aliphatic rings. The van der Waals surface area contributed by atoms with E-state index in [0.717, 1.165) is 5.57 Å². The van der Waals surface area contributed by atoms with Crippen LogP contribution in [0.2, 0.25) is 0 Å². The first-order chi connectivity index (χ1) is 8.58. The van der Waals surface area contributed by atoms with Crippen LogP contribution in [0.5, 0.6) is 11.5 Å². The summed E-state index contributed by atoms with van der Waals surface area (Å²) in [4.78, 5) is 11.8. The molecule has 0 unspecified atom stereocenters. The Hall–Kier alpha value is -1.97. The Bertz CT molecular complexity index is 441. The Morgan fingerprint density at radius 1 is 1.39 bits per heavy atom. The first-order valence-electron chi connectivity index (χ1n) is 5.82. The number of hydrogen-bond acceptors (Lipinski definition) is 3. The monoisotopic (exact) mass is 249 g/mol. The minimum absolute atomic E-state index is 0.153. The second kappa shape index (κ2) is 6.69. The van der Waals surface area contributed by atoms with Crippen molar-refractivity contribution in [3.63, 3.8) is 0 Å². The molecule has 0 radical (unpaired) electrons. The maximum Gasteiger partial charge on any atom is 0.251 e. The predicted octanol–water partition coefficient (Wildman–Crippen LogP) is 2.40. The Kier molecular flexibility index (Phi) is 5.24. The standard InChI is InChI=1S/C14H19NO3/c1-5-18-12-7-6-11(8-13(12)17-4)14(16)15-9-10(2)3/h6-8H,2,5,9H2,1,3-4H3,(H,15,16). The predicted molar refractivity (Wildman–Crippen MR) is 71.3 cm³/mol. The van der Waals surface area contributed by atoms with E-state index in [-0.39, 0.29) is 5.91 Å². The third-order valence-electron chi connectivity index (χ3n) is 2.28. The van der Waals surface area contributed by atoms with E-state index in [1.54, 1.807) is 25.3 Å². The largest absolute Gasteiger partial charge is 0.493 e. The summed E-state index contributed by atoms with van der Waals surface area (Å²) < 4.78 is 10.6. The highest BCUT2D eigenvalue weighted by atomic mass is 16.5. The normalized spacial score (nSPS) is 9.72. The number of ether oxygens (including phenoxy) is 2. The molecule has 1 rings (SSSR count). The summed E-state index contributed by atoms with van der Waals surface area (Å²) in [5.74, 6) is 1.04. The smallest absolute Gasteiger partial charge is 0.251 e. The van der Waals surface area contributed by atoms with E-state index in [4.69, 9.17) is 9.47 Å². The van der Waals surface area contributed by atoms with Crippen LogP contribution in [0.1, 0.15) is 24.2 Å². The maximum atomic E-state index is 11.8. The Morgan fingerprint density at radius 2 is 2.11 bits per heavy atom. The molecule has 4 heteroatoms. The van der Waals surface area contributed by atoms with Crippen LogP contribution in [-0.2, 0) is 0 Å². The lowest BCUT2D eigenvalue weighted by atomic mass is 10.2. The first kappa shape index (κ1) is 14.1. The van der Waals surface area contributed by atoms with Crippen molar-refractivity contribution in [2.75, 3.05) is 20.3 Å². The van der Waals surface area contributed by atoms with E-state index in [9.17, 15) is 4.79 Å². The van der Waals surface area contributed by atoms with Gasteiger partial charge >= 0.3 is 0 Å². The van der Waals surface area contributed by atoms with Gasteiger partial charge in [0.05, 0.1) is 13.7 Å². The molecule has 18 heavy (non-hydrogen) atoms. The van der Waals surface area contributed by atoms with Crippen LogP contribution in [0.15, 0.2) is 30.4 Å². The van der Waals surface area contributed by atoms with Crippen molar-refractivity contribution in [2.24, 2.45) is 0 Å². The van der Waals surface area contributed by atoms with E-state index in [2.05, 4.69) is 11.9 Å². The lowest BCUT2D eigenvalue weighted by Gasteiger charge is -2.11. The molecule has 0 saturated heterocycles. The van der Waals surface area contributed by atoms with Crippen LogP contribution in [-0.4, -0.2) is 26.2 Å². The van der Waals surface area contributed by atoms with E-state index in [0.29, 0.717) is 30.2 Å². The summed E-state index contributed by atoms with van der Waals surface area (Å²) in [7, 11) is 1.55. The van der Waals surface area contributed by atoms with Crippen molar-refractivity contribution in [3.8, 4) is 11.5 Å². The van der Waals surface area contributed by atoms with Gasteiger partial charge in [0.15, 0.2) is 11.5 Å². The van der Waals surface area contributed by atoms with E-state index >= 15 is 0 Å². The molecule has 0 aliphatic heterocycles. The average Bonchev–Trinajstić information content (AvgIpc) is 2.36. The molecule has 0 aliphatic carbocycles. The number of carbonyl (C=O) groups excluding carboxylic acids is 1. The van der Waals surface area contributed by atoms with Crippen LogP contribution in [0, 0.1) is 0 Å². The number of hydrogen-bond donors (Lipinski definition) is 1. The fourth-order valence-corrected chi connectivity index (χ4v) is 1.42. The third-order valence-corrected chi connectivity index (χ3v) is 2.28. The van der Waals surface area contributed by atoms with E-state index in [1.807, 2.05) is 13.8 Å². The van der Waals surface area contributed by atoms with Gasteiger partial charge in [-0.1, -0.05) is 12.2 Å². The maximum absolute atomic E-state index is 11.8. The molecule has 0 heterocycles. The van der Waals surface area contributed by atoms with Crippen molar-refractivity contribution < 1.29 is 14.3 Å². The minimum Gasteiger partial charge on any atom is -0.493 e. The number of carbonyl (C=O) groups is 1. The summed E-state index contributed by atoms with van der Waals surface area (Å²) >= 11 is 0. The van der Waals surface area contributed by atoms with Crippen molar-refractivity contribution >= 4 is 5.91 Å². The molecule has 0 bridgehead atoms. The van der Waals surface area contributed by atoms with Crippen LogP contribution in [0.25, 0.3) is 0 Å². The molecule has 1 N–H and O–H groups in total. The summed E-state index contributed by atoms with van der Waals surface area (Å²) in [6.45, 7) is 8.51. The second-order valence-electron chi connectivity index (χ2n) is 3.94. The summed E-state index contributed by atoms with van der Waals surface area (Å²) in [6, 6.07) is 5.11. The van der Waals surface area contributed by atoms with Gasteiger partial charge in [-0.3, -0.25) is 4.79 Å². The fourth-order valence-electron chi connectivity index (χ4n) is 1.42. The molecular weight excluding hydrogens is 230 g/mol.